The molecule has 0 saturated heterocycles. The first kappa shape index (κ1) is 20.9. The van der Waals surface area contributed by atoms with Crippen LogP contribution in [0.15, 0.2) is 17.2 Å². The minimum atomic E-state index is -3.77. The number of nitrogens with zero attached hydrogens (tertiary/aromatic N) is 1. The molecule has 1 aromatic heterocycles. The number of halogens is 1. The van der Waals surface area contributed by atoms with Crippen LogP contribution in [-0.2, 0) is 17.1 Å². The molecule has 5 N–H and O–H groups in total. The van der Waals surface area contributed by atoms with Crippen LogP contribution in [0, 0.1) is 5.92 Å². The molecule has 0 aliphatic heterocycles. The Hall–Kier alpha value is -1.09. The van der Waals surface area contributed by atoms with E-state index in [0.717, 1.165) is 0 Å². The molecule has 22 heavy (non-hydrogen) atoms. The number of nitrogens with one attached hydrogen (secondary N) is 1. The Morgan fingerprint density at radius 2 is 2.00 bits per heavy atom. The lowest BCUT2D eigenvalue weighted by Crippen LogP contribution is -2.51. The van der Waals surface area contributed by atoms with Gasteiger partial charge in [0.2, 0.25) is 10.0 Å². The standard InChI is InChI=1S/C13H24N4O3S.ClH/c1-9(2)6-13(3,8-14)16-21(19,20)10-5-11(12(15)18)17(4)7-10;/h5,7,9,16H,6,8,14H2,1-4H3,(H2,15,18);1H. The molecule has 0 spiro atoms. The molecule has 1 atom stereocenters. The van der Waals surface area contributed by atoms with Crippen molar-refractivity contribution in [3.8, 4) is 0 Å². The molecule has 0 radical (unpaired) electrons. The Labute approximate surface area is 137 Å². The van der Waals surface area contributed by atoms with Gasteiger partial charge < -0.3 is 16.0 Å². The highest BCUT2D eigenvalue weighted by atomic mass is 35.5. The zero-order valence-corrected chi connectivity index (χ0v) is 14.9. The topological polar surface area (TPSA) is 120 Å². The number of hydrogen-bond acceptors (Lipinski definition) is 4. The SMILES string of the molecule is CC(C)CC(C)(CN)NS(=O)(=O)c1cc(C(N)=O)n(C)c1.Cl. The van der Waals surface area contributed by atoms with Crippen LogP contribution in [-0.4, -0.2) is 31.0 Å². The molecule has 9 heteroatoms. The van der Waals surface area contributed by atoms with Gasteiger partial charge in [-0.25, -0.2) is 13.1 Å². The summed E-state index contributed by atoms with van der Waals surface area (Å²) in [4.78, 5) is 11.2. The van der Waals surface area contributed by atoms with Gasteiger partial charge in [-0.05, 0) is 25.3 Å². The Morgan fingerprint density at radius 1 is 1.45 bits per heavy atom. The van der Waals surface area contributed by atoms with Gasteiger partial charge >= 0.3 is 0 Å². The van der Waals surface area contributed by atoms with Crippen LogP contribution >= 0.6 is 12.4 Å². The van der Waals surface area contributed by atoms with Crippen LogP contribution in [0.4, 0.5) is 0 Å². The number of nitrogens with two attached hydrogens (primary N) is 2. The highest BCUT2D eigenvalue weighted by Gasteiger charge is 2.31. The summed E-state index contributed by atoms with van der Waals surface area (Å²) in [6.07, 6.45) is 1.97. The molecule has 0 aromatic carbocycles. The predicted molar refractivity (Wildman–Crippen MR) is 88.4 cm³/mol. The first-order valence-electron chi connectivity index (χ1n) is 6.71. The average Bonchev–Trinajstić information content (AvgIpc) is 2.70. The molecule has 1 unspecified atom stereocenters. The van der Waals surface area contributed by atoms with E-state index in [2.05, 4.69) is 4.72 Å². The van der Waals surface area contributed by atoms with E-state index < -0.39 is 21.5 Å². The molecule has 0 aliphatic carbocycles. The maximum atomic E-state index is 12.4. The first-order chi connectivity index (χ1) is 9.50. The van der Waals surface area contributed by atoms with Crippen molar-refractivity contribution in [3.63, 3.8) is 0 Å². The zero-order chi connectivity index (χ0) is 16.4. The quantitative estimate of drug-likeness (QED) is 0.664. The van der Waals surface area contributed by atoms with Gasteiger partial charge in [0.25, 0.3) is 5.91 Å². The number of carbonyl (C=O) groups is 1. The fraction of sp³-hybridized carbons (Fsp3) is 0.615. The summed E-state index contributed by atoms with van der Waals surface area (Å²) in [5.41, 5.74) is 10.3. The lowest BCUT2D eigenvalue weighted by molar-refractivity contribution is 0.0992. The zero-order valence-electron chi connectivity index (χ0n) is 13.3. The van der Waals surface area contributed by atoms with Crippen molar-refractivity contribution in [1.82, 2.24) is 9.29 Å². The molecule has 0 saturated carbocycles. The number of aryl methyl sites for hydroxylation is 1. The molecule has 1 rings (SSSR count). The largest absolute Gasteiger partial charge is 0.364 e. The maximum Gasteiger partial charge on any atom is 0.265 e. The molecule has 7 nitrogen and oxygen atoms in total. The third-order valence-corrected chi connectivity index (χ3v) is 4.84. The second-order valence-corrected chi connectivity index (χ2v) is 7.69. The summed E-state index contributed by atoms with van der Waals surface area (Å²) < 4.78 is 28.9. The molecular weight excluding hydrogens is 328 g/mol. The van der Waals surface area contributed by atoms with Crippen molar-refractivity contribution in [2.24, 2.45) is 24.4 Å². The highest BCUT2D eigenvalue weighted by molar-refractivity contribution is 7.89. The Bertz CT molecular complexity index is 627. The number of sulfonamides is 1. The summed E-state index contributed by atoms with van der Waals surface area (Å²) in [5.74, 6) is -0.388. The van der Waals surface area contributed by atoms with E-state index in [-0.39, 0.29) is 29.5 Å². The molecule has 0 bridgehead atoms. The van der Waals surface area contributed by atoms with Crippen molar-refractivity contribution in [1.29, 1.82) is 0 Å². The van der Waals surface area contributed by atoms with Gasteiger partial charge in [-0.2, -0.15) is 0 Å². The van der Waals surface area contributed by atoms with Gasteiger partial charge in [0.15, 0.2) is 0 Å². The smallest absolute Gasteiger partial charge is 0.265 e. The summed E-state index contributed by atoms with van der Waals surface area (Å²) in [6.45, 7) is 5.94. The summed E-state index contributed by atoms with van der Waals surface area (Å²) in [7, 11) is -2.20. The van der Waals surface area contributed by atoms with Gasteiger partial charge in [-0.1, -0.05) is 13.8 Å². The van der Waals surface area contributed by atoms with Gasteiger partial charge in [-0.3, -0.25) is 4.79 Å². The van der Waals surface area contributed by atoms with E-state index >= 15 is 0 Å². The lowest BCUT2D eigenvalue weighted by atomic mass is 9.92. The van der Waals surface area contributed by atoms with Crippen molar-refractivity contribution < 1.29 is 13.2 Å². The molecular formula is C13H25ClN4O3S. The Kier molecular flexibility index (Phi) is 7.08. The Morgan fingerprint density at radius 3 is 2.36 bits per heavy atom. The number of aromatic nitrogens is 1. The number of carbonyl (C=O) groups excluding carboxylic acids is 1. The normalized spacial score (nSPS) is 14.5. The fourth-order valence-electron chi connectivity index (χ4n) is 2.38. The van der Waals surface area contributed by atoms with Crippen LogP contribution in [0.1, 0.15) is 37.7 Å². The number of hydrogen-bond donors (Lipinski definition) is 3. The van der Waals surface area contributed by atoms with Crippen molar-refractivity contribution in [2.75, 3.05) is 6.54 Å². The lowest BCUT2D eigenvalue weighted by Gasteiger charge is -2.30. The van der Waals surface area contributed by atoms with Crippen molar-refractivity contribution in [3.05, 3.63) is 18.0 Å². The van der Waals surface area contributed by atoms with Gasteiger partial charge in [-0.15, -0.1) is 12.4 Å². The van der Waals surface area contributed by atoms with E-state index in [9.17, 15) is 13.2 Å². The van der Waals surface area contributed by atoms with Gasteiger partial charge in [0.1, 0.15) is 10.6 Å². The van der Waals surface area contributed by atoms with Crippen LogP contribution in [0.5, 0.6) is 0 Å². The van der Waals surface area contributed by atoms with Crippen LogP contribution < -0.4 is 16.2 Å². The van der Waals surface area contributed by atoms with Crippen LogP contribution in [0.25, 0.3) is 0 Å². The van der Waals surface area contributed by atoms with Crippen molar-refractivity contribution >= 4 is 28.3 Å². The average molecular weight is 353 g/mol. The van der Waals surface area contributed by atoms with Gasteiger partial charge in [0.05, 0.1) is 0 Å². The summed E-state index contributed by atoms with van der Waals surface area (Å²) >= 11 is 0. The third kappa shape index (κ3) is 4.98. The molecule has 0 fully saturated rings. The molecule has 0 aliphatic rings. The molecule has 1 amide bonds. The van der Waals surface area contributed by atoms with E-state index in [0.29, 0.717) is 12.3 Å². The minimum absolute atomic E-state index is 0. The molecule has 128 valence electrons. The maximum absolute atomic E-state index is 12.4. The number of rotatable bonds is 7. The van der Waals surface area contributed by atoms with E-state index in [1.54, 1.807) is 14.0 Å². The highest BCUT2D eigenvalue weighted by Crippen LogP contribution is 2.20. The van der Waals surface area contributed by atoms with E-state index in [4.69, 9.17) is 11.5 Å². The molecule has 1 aromatic rings. The van der Waals surface area contributed by atoms with Crippen molar-refractivity contribution in [2.45, 2.75) is 37.6 Å². The minimum Gasteiger partial charge on any atom is -0.364 e. The number of amides is 1. The Balaban J connectivity index is 0.00000441. The monoisotopic (exact) mass is 352 g/mol. The number of primary amides is 1. The van der Waals surface area contributed by atoms with Gasteiger partial charge in [0, 0.05) is 25.3 Å². The van der Waals surface area contributed by atoms with Crippen LogP contribution in [0.3, 0.4) is 0 Å². The van der Waals surface area contributed by atoms with E-state index in [1.807, 2.05) is 13.8 Å². The second-order valence-electron chi connectivity index (χ2n) is 6.00. The fourth-order valence-corrected chi connectivity index (χ4v) is 3.87. The summed E-state index contributed by atoms with van der Waals surface area (Å²) in [6, 6.07) is 1.26. The third-order valence-electron chi connectivity index (χ3n) is 3.23. The van der Waals surface area contributed by atoms with E-state index in [1.165, 1.54) is 16.8 Å². The van der Waals surface area contributed by atoms with Crippen LogP contribution in [0.2, 0.25) is 0 Å². The molecule has 1 heterocycles. The second kappa shape index (κ2) is 7.45. The predicted octanol–water partition coefficient (Wildman–Crippen LogP) is 0.588. The summed E-state index contributed by atoms with van der Waals surface area (Å²) in [5, 5.41) is 0. The first-order valence-corrected chi connectivity index (χ1v) is 8.19.